The van der Waals surface area contributed by atoms with Crippen LogP contribution in [0, 0.1) is 0 Å². The molecule has 24 heavy (non-hydrogen) atoms. The zero-order valence-corrected chi connectivity index (χ0v) is 13.4. The van der Waals surface area contributed by atoms with Crippen molar-refractivity contribution in [3.8, 4) is 5.75 Å². The van der Waals surface area contributed by atoms with Crippen LogP contribution >= 0.6 is 0 Å². The minimum Gasteiger partial charge on any atom is -0.497 e. The molecule has 0 spiro atoms. The molecule has 1 N–H and O–H groups in total. The Balaban J connectivity index is 1.95. The smallest absolute Gasteiger partial charge is 0.257 e. The van der Waals surface area contributed by atoms with Gasteiger partial charge in [0, 0.05) is 32.2 Å². The number of aromatic nitrogens is 2. The molecule has 6 heteroatoms. The molecule has 0 bridgehead atoms. The molecule has 0 fully saturated rings. The van der Waals surface area contributed by atoms with Crippen LogP contribution in [0.3, 0.4) is 0 Å². The molecule has 2 heterocycles. The molecule has 0 aliphatic rings. The molecule has 0 radical (unpaired) electrons. The number of hydrogen-bond donors (Lipinski definition) is 1. The first-order valence-corrected chi connectivity index (χ1v) is 7.44. The summed E-state index contributed by atoms with van der Waals surface area (Å²) < 4.78 is 6.93. The van der Waals surface area contributed by atoms with Crippen LogP contribution in [-0.4, -0.2) is 22.6 Å². The Labute approximate surface area is 138 Å². The number of amides is 1. The van der Waals surface area contributed by atoms with Gasteiger partial charge in [-0.3, -0.25) is 14.6 Å². The molecule has 3 rings (SSSR count). The predicted octanol–water partition coefficient (Wildman–Crippen LogP) is 1.87. The fourth-order valence-corrected chi connectivity index (χ4v) is 2.54. The normalized spacial score (nSPS) is 10.6. The molecular formula is C18H17N3O3. The molecule has 1 aromatic carbocycles. The van der Waals surface area contributed by atoms with Gasteiger partial charge in [0.1, 0.15) is 11.3 Å². The van der Waals surface area contributed by atoms with Crippen molar-refractivity contribution < 1.29 is 9.53 Å². The number of ether oxygens (including phenoxy) is 1. The summed E-state index contributed by atoms with van der Waals surface area (Å²) in [4.78, 5) is 29.1. The molecule has 0 aliphatic heterocycles. The molecule has 0 saturated carbocycles. The average Bonchev–Trinajstić information content (AvgIpc) is 2.63. The lowest BCUT2D eigenvalue weighted by molar-refractivity contribution is 0.0949. The van der Waals surface area contributed by atoms with Crippen molar-refractivity contribution in [1.82, 2.24) is 14.9 Å². The topological polar surface area (TPSA) is 73.2 Å². The summed E-state index contributed by atoms with van der Waals surface area (Å²) in [6.45, 7) is 0.311. The second kappa shape index (κ2) is 6.54. The van der Waals surface area contributed by atoms with E-state index >= 15 is 0 Å². The third-order valence-corrected chi connectivity index (χ3v) is 3.82. The molecule has 0 atom stereocenters. The van der Waals surface area contributed by atoms with Gasteiger partial charge >= 0.3 is 0 Å². The van der Waals surface area contributed by atoms with Crippen LogP contribution in [0.25, 0.3) is 10.9 Å². The molecule has 0 saturated heterocycles. The Kier molecular flexibility index (Phi) is 4.29. The molecular weight excluding hydrogens is 306 g/mol. The van der Waals surface area contributed by atoms with Gasteiger partial charge in [0.25, 0.3) is 5.91 Å². The van der Waals surface area contributed by atoms with Crippen molar-refractivity contribution in [2.24, 2.45) is 7.05 Å². The van der Waals surface area contributed by atoms with E-state index in [1.807, 2.05) is 6.07 Å². The quantitative estimate of drug-likeness (QED) is 0.795. The van der Waals surface area contributed by atoms with Crippen LogP contribution in [0.4, 0.5) is 0 Å². The van der Waals surface area contributed by atoms with Crippen LogP contribution in [0.2, 0.25) is 0 Å². The molecule has 1 amide bonds. The summed E-state index contributed by atoms with van der Waals surface area (Å²) in [7, 11) is 3.34. The highest BCUT2D eigenvalue weighted by Crippen LogP contribution is 2.18. The third kappa shape index (κ3) is 2.99. The van der Waals surface area contributed by atoms with E-state index in [1.165, 1.54) is 7.11 Å². The second-order valence-corrected chi connectivity index (χ2v) is 5.41. The van der Waals surface area contributed by atoms with Crippen LogP contribution in [0.1, 0.15) is 15.9 Å². The first kappa shape index (κ1) is 15.7. The number of benzene rings is 1. The average molecular weight is 323 g/mol. The van der Waals surface area contributed by atoms with E-state index in [4.69, 9.17) is 4.74 Å². The Hall–Kier alpha value is -3.15. The van der Waals surface area contributed by atoms with Crippen molar-refractivity contribution in [3.63, 3.8) is 0 Å². The first-order valence-electron chi connectivity index (χ1n) is 7.44. The predicted molar refractivity (Wildman–Crippen MR) is 91.1 cm³/mol. The van der Waals surface area contributed by atoms with Crippen molar-refractivity contribution >= 4 is 16.8 Å². The Morgan fingerprint density at radius 1 is 1.33 bits per heavy atom. The van der Waals surface area contributed by atoms with Gasteiger partial charge in [-0.2, -0.15) is 0 Å². The molecule has 122 valence electrons. The van der Waals surface area contributed by atoms with Crippen LogP contribution < -0.4 is 15.5 Å². The number of rotatable bonds is 4. The number of nitrogens with zero attached hydrogens (tertiary/aromatic N) is 2. The zero-order valence-electron chi connectivity index (χ0n) is 13.4. The number of carbonyl (C=O) groups is 1. The highest BCUT2D eigenvalue weighted by atomic mass is 16.5. The van der Waals surface area contributed by atoms with E-state index in [2.05, 4.69) is 10.3 Å². The fourth-order valence-electron chi connectivity index (χ4n) is 2.54. The number of aryl methyl sites for hydroxylation is 1. The molecule has 3 aromatic rings. The molecule has 6 nitrogen and oxygen atoms in total. The number of hydrogen-bond acceptors (Lipinski definition) is 4. The maximum absolute atomic E-state index is 12.7. The summed E-state index contributed by atoms with van der Waals surface area (Å²) >= 11 is 0. The molecule has 2 aromatic heterocycles. The summed E-state index contributed by atoms with van der Waals surface area (Å²) in [6, 6.07) is 8.88. The van der Waals surface area contributed by atoms with Crippen LogP contribution in [0.5, 0.6) is 5.75 Å². The van der Waals surface area contributed by atoms with Crippen LogP contribution in [-0.2, 0) is 13.6 Å². The first-order chi connectivity index (χ1) is 11.6. The van der Waals surface area contributed by atoms with Crippen molar-refractivity contribution in [1.29, 1.82) is 0 Å². The minimum atomic E-state index is -0.413. The maximum atomic E-state index is 12.7. The lowest BCUT2D eigenvalue weighted by atomic mass is 10.1. The van der Waals surface area contributed by atoms with E-state index in [0.29, 0.717) is 17.7 Å². The number of pyridine rings is 2. The van der Waals surface area contributed by atoms with Gasteiger partial charge in [-0.1, -0.05) is 6.07 Å². The highest BCUT2D eigenvalue weighted by molar-refractivity contribution is 5.97. The maximum Gasteiger partial charge on any atom is 0.257 e. The minimum absolute atomic E-state index is 0.0992. The Morgan fingerprint density at radius 3 is 2.88 bits per heavy atom. The number of nitrogens with one attached hydrogen (secondary N) is 1. The molecule has 0 aliphatic carbocycles. The Morgan fingerprint density at radius 2 is 2.17 bits per heavy atom. The van der Waals surface area contributed by atoms with E-state index < -0.39 is 5.91 Å². The largest absolute Gasteiger partial charge is 0.497 e. The number of fused-ring (bicyclic) bond motifs is 1. The third-order valence-electron chi connectivity index (χ3n) is 3.82. The van der Waals surface area contributed by atoms with Gasteiger partial charge in [-0.05, 0) is 29.8 Å². The fraction of sp³-hybridized carbons (Fsp3) is 0.167. The van der Waals surface area contributed by atoms with Crippen molar-refractivity contribution in [2.45, 2.75) is 6.54 Å². The monoisotopic (exact) mass is 323 g/mol. The second-order valence-electron chi connectivity index (χ2n) is 5.41. The van der Waals surface area contributed by atoms with E-state index in [0.717, 1.165) is 11.1 Å². The Bertz CT molecular complexity index is 949. The lowest BCUT2D eigenvalue weighted by Crippen LogP contribution is -2.29. The van der Waals surface area contributed by atoms with Crippen molar-refractivity contribution in [3.05, 3.63) is 70.3 Å². The van der Waals surface area contributed by atoms with E-state index in [1.54, 1.807) is 54.5 Å². The van der Waals surface area contributed by atoms with Gasteiger partial charge in [-0.15, -0.1) is 0 Å². The van der Waals surface area contributed by atoms with E-state index in [9.17, 15) is 9.59 Å². The van der Waals surface area contributed by atoms with Gasteiger partial charge in [-0.25, -0.2) is 0 Å². The lowest BCUT2D eigenvalue weighted by Gasteiger charge is -2.10. The summed E-state index contributed by atoms with van der Waals surface area (Å²) in [5.74, 6) is 0.164. The van der Waals surface area contributed by atoms with Crippen molar-refractivity contribution in [2.75, 3.05) is 7.11 Å². The SMILES string of the molecule is COc1ccc2c(c1)c(=O)c(C(=O)NCc1cccnc1)cn2C. The van der Waals surface area contributed by atoms with Crippen LogP contribution in [0.15, 0.2) is 53.7 Å². The van der Waals surface area contributed by atoms with Gasteiger partial charge in [0.2, 0.25) is 5.43 Å². The van der Waals surface area contributed by atoms with E-state index in [-0.39, 0.29) is 11.0 Å². The van der Waals surface area contributed by atoms with Gasteiger partial charge in [0.05, 0.1) is 18.0 Å². The van der Waals surface area contributed by atoms with Gasteiger partial charge in [0.15, 0.2) is 0 Å². The molecule has 0 unspecified atom stereocenters. The number of carbonyl (C=O) groups excluding carboxylic acids is 1. The number of methoxy groups -OCH3 is 1. The summed E-state index contributed by atoms with van der Waals surface area (Å²) in [6.07, 6.45) is 4.89. The zero-order chi connectivity index (χ0) is 17.1. The highest BCUT2D eigenvalue weighted by Gasteiger charge is 2.15. The standard InChI is InChI=1S/C18H17N3O3/c1-21-11-15(18(23)20-10-12-4-3-7-19-9-12)17(22)14-8-13(24-2)5-6-16(14)21/h3-9,11H,10H2,1-2H3,(H,20,23). The summed E-state index contributed by atoms with van der Waals surface area (Å²) in [5.41, 5.74) is 1.39. The summed E-state index contributed by atoms with van der Waals surface area (Å²) in [5, 5.41) is 3.20. The van der Waals surface area contributed by atoms with Gasteiger partial charge < -0.3 is 14.6 Å².